The van der Waals surface area contributed by atoms with Gasteiger partial charge >= 0.3 is 6.09 Å². The van der Waals surface area contributed by atoms with E-state index in [0.717, 1.165) is 0 Å². The third kappa shape index (κ3) is 2.75. The molecule has 0 fully saturated rings. The Hall–Kier alpha value is -0.780. The smallest absolute Gasteiger partial charge is 0.418 e. The van der Waals surface area contributed by atoms with Gasteiger partial charge in [0.25, 0.3) is 0 Å². The van der Waals surface area contributed by atoms with Crippen LogP contribution in [0.4, 0.5) is 4.79 Å². The van der Waals surface area contributed by atoms with Crippen LogP contribution in [0.5, 0.6) is 0 Å². The molecule has 0 atom stereocenters. The zero-order chi connectivity index (χ0) is 9.28. The predicted molar refractivity (Wildman–Crippen MR) is 39.8 cm³/mol. The summed E-state index contributed by atoms with van der Waals surface area (Å²) in [6.07, 6.45) is -1.56. The zero-order valence-electron chi connectivity index (χ0n) is 6.58. The number of rotatable bonds is 1. The van der Waals surface area contributed by atoms with Crippen LogP contribution in [-0.2, 0) is 10.0 Å². The number of amides is 1. The van der Waals surface area contributed by atoms with Gasteiger partial charge < -0.3 is 5.11 Å². The first-order chi connectivity index (χ1) is 4.67. The van der Waals surface area contributed by atoms with Crippen molar-refractivity contribution in [3.63, 3.8) is 0 Å². The van der Waals surface area contributed by atoms with E-state index in [4.69, 9.17) is 5.11 Å². The van der Waals surface area contributed by atoms with E-state index in [2.05, 4.69) is 0 Å². The van der Waals surface area contributed by atoms with E-state index in [9.17, 15) is 13.2 Å². The summed E-state index contributed by atoms with van der Waals surface area (Å²) >= 11 is 0. The largest absolute Gasteiger partial charge is 0.464 e. The van der Waals surface area contributed by atoms with Gasteiger partial charge in [-0.05, 0) is 20.8 Å². The van der Waals surface area contributed by atoms with E-state index in [1.54, 1.807) is 0 Å². The Morgan fingerprint density at radius 1 is 1.36 bits per heavy atom. The number of sulfonamides is 1. The summed E-state index contributed by atoms with van der Waals surface area (Å²) in [5.74, 6) is 0. The quantitative estimate of drug-likeness (QED) is 0.612. The molecule has 66 valence electrons. The number of carbonyl (C=O) groups is 1. The lowest BCUT2D eigenvalue weighted by molar-refractivity contribution is 0.200. The molecule has 0 bridgehead atoms. The summed E-state index contributed by atoms with van der Waals surface area (Å²) in [6, 6.07) is 0. The van der Waals surface area contributed by atoms with Crippen molar-refractivity contribution in [1.29, 1.82) is 0 Å². The minimum Gasteiger partial charge on any atom is -0.464 e. The van der Waals surface area contributed by atoms with Crippen molar-refractivity contribution in [1.82, 2.24) is 4.72 Å². The standard InChI is InChI=1S/C5H11NO4S/c1-5(2,3)11(9,10)6-4(7)8/h6H,1-3H3,(H,7,8). The molecule has 1 amide bonds. The van der Waals surface area contributed by atoms with Gasteiger partial charge in [-0.2, -0.15) is 0 Å². The molecule has 0 saturated carbocycles. The van der Waals surface area contributed by atoms with Crippen molar-refractivity contribution in [2.45, 2.75) is 25.5 Å². The van der Waals surface area contributed by atoms with Crippen LogP contribution in [0.3, 0.4) is 0 Å². The Balaban J connectivity index is 4.64. The molecule has 6 heteroatoms. The molecule has 0 aromatic heterocycles. The molecule has 0 aromatic rings. The highest BCUT2D eigenvalue weighted by Gasteiger charge is 2.30. The lowest BCUT2D eigenvalue weighted by atomic mass is 10.3. The highest BCUT2D eigenvalue weighted by Crippen LogP contribution is 2.12. The number of hydrogen-bond acceptors (Lipinski definition) is 3. The summed E-state index contributed by atoms with van der Waals surface area (Å²) in [6.45, 7) is 4.24. The topological polar surface area (TPSA) is 83.5 Å². The maximum atomic E-state index is 11.0. The molecule has 11 heavy (non-hydrogen) atoms. The molecule has 0 aromatic carbocycles. The fourth-order valence-electron chi connectivity index (χ4n) is 0.268. The van der Waals surface area contributed by atoms with Gasteiger partial charge in [-0.3, -0.25) is 0 Å². The van der Waals surface area contributed by atoms with Crippen molar-refractivity contribution in [2.75, 3.05) is 0 Å². The van der Waals surface area contributed by atoms with Crippen LogP contribution in [0.25, 0.3) is 0 Å². The Bertz CT molecular complexity index is 248. The van der Waals surface area contributed by atoms with Gasteiger partial charge in [-0.1, -0.05) is 0 Å². The van der Waals surface area contributed by atoms with E-state index in [-0.39, 0.29) is 0 Å². The van der Waals surface area contributed by atoms with Crippen LogP contribution in [0, 0.1) is 0 Å². The molecule has 0 rings (SSSR count). The lowest BCUT2D eigenvalue weighted by Crippen LogP contribution is -2.41. The molecule has 0 aliphatic carbocycles. The summed E-state index contributed by atoms with van der Waals surface area (Å²) in [5.41, 5.74) is 0. The molecule has 0 spiro atoms. The van der Waals surface area contributed by atoms with Gasteiger partial charge in [0.2, 0.25) is 10.0 Å². The van der Waals surface area contributed by atoms with Crippen molar-refractivity contribution < 1.29 is 18.3 Å². The molecule has 0 aliphatic heterocycles. The van der Waals surface area contributed by atoms with Crippen LogP contribution in [0.15, 0.2) is 0 Å². The van der Waals surface area contributed by atoms with E-state index < -0.39 is 20.9 Å². The number of nitrogens with one attached hydrogen (secondary N) is 1. The maximum Gasteiger partial charge on any atom is 0.418 e. The van der Waals surface area contributed by atoms with Crippen LogP contribution >= 0.6 is 0 Å². The first kappa shape index (κ1) is 10.2. The Morgan fingerprint density at radius 2 is 1.73 bits per heavy atom. The molecule has 0 radical (unpaired) electrons. The van der Waals surface area contributed by atoms with Gasteiger partial charge in [0, 0.05) is 0 Å². The molecule has 0 aliphatic rings. The Labute approximate surface area is 65.5 Å². The highest BCUT2D eigenvalue weighted by atomic mass is 32.2. The molecular formula is C5H11NO4S. The molecule has 0 saturated heterocycles. The zero-order valence-corrected chi connectivity index (χ0v) is 7.40. The van der Waals surface area contributed by atoms with Crippen molar-refractivity contribution in [3.8, 4) is 0 Å². The van der Waals surface area contributed by atoms with Crippen LogP contribution in [0.2, 0.25) is 0 Å². The first-order valence-corrected chi connectivity index (χ1v) is 4.40. The number of hydrogen-bond donors (Lipinski definition) is 2. The third-order valence-corrected chi connectivity index (χ3v) is 3.08. The highest BCUT2D eigenvalue weighted by molar-refractivity contribution is 7.91. The van der Waals surface area contributed by atoms with Gasteiger partial charge in [0.05, 0.1) is 4.75 Å². The van der Waals surface area contributed by atoms with Crippen LogP contribution in [0.1, 0.15) is 20.8 Å². The fraction of sp³-hybridized carbons (Fsp3) is 0.800. The van der Waals surface area contributed by atoms with Gasteiger partial charge in [0.1, 0.15) is 0 Å². The fourth-order valence-corrected chi connectivity index (χ4v) is 0.804. The van der Waals surface area contributed by atoms with Crippen molar-refractivity contribution >= 4 is 16.1 Å². The van der Waals surface area contributed by atoms with E-state index in [1.807, 2.05) is 0 Å². The Kier molecular flexibility index (Phi) is 2.50. The van der Waals surface area contributed by atoms with Crippen molar-refractivity contribution in [3.05, 3.63) is 0 Å². The SMILES string of the molecule is CC(C)(C)S(=O)(=O)NC(=O)O. The summed E-state index contributed by atoms with van der Waals surface area (Å²) < 4.78 is 22.3. The molecule has 0 heterocycles. The number of carboxylic acid groups (broad SMARTS) is 1. The maximum absolute atomic E-state index is 11.0. The van der Waals surface area contributed by atoms with E-state index in [0.29, 0.717) is 0 Å². The monoisotopic (exact) mass is 181 g/mol. The van der Waals surface area contributed by atoms with Gasteiger partial charge in [0.15, 0.2) is 0 Å². The van der Waals surface area contributed by atoms with Crippen LogP contribution < -0.4 is 4.72 Å². The summed E-state index contributed by atoms with van der Waals surface area (Å²) in [7, 11) is -3.75. The minimum atomic E-state index is -3.75. The summed E-state index contributed by atoms with van der Waals surface area (Å²) in [5, 5.41) is 8.12. The Morgan fingerprint density at radius 3 is 1.82 bits per heavy atom. The molecular weight excluding hydrogens is 170 g/mol. The predicted octanol–water partition coefficient (Wildman–Crippen LogP) is 0.382. The molecule has 5 nitrogen and oxygen atoms in total. The lowest BCUT2D eigenvalue weighted by Gasteiger charge is -2.17. The first-order valence-electron chi connectivity index (χ1n) is 2.92. The second-order valence-corrected chi connectivity index (χ2v) is 5.46. The normalized spacial score (nSPS) is 12.6. The molecule has 0 unspecified atom stereocenters. The van der Waals surface area contributed by atoms with Crippen LogP contribution in [-0.4, -0.2) is 24.4 Å². The van der Waals surface area contributed by atoms with E-state index in [1.165, 1.54) is 25.5 Å². The van der Waals surface area contributed by atoms with E-state index >= 15 is 0 Å². The second-order valence-electron chi connectivity index (χ2n) is 3.02. The average Bonchev–Trinajstić information content (AvgIpc) is 1.56. The van der Waals surface area contributed by atoms with Gasteiger partial charge in [-0.25, -0.2) is 17.9 Å². The summed E-state index contributed by atoms with van der Waals surface area (Å²) in [4.78, 5) is 9.97. The average molecular weight is 181 g/mol. The van der Waals surface area contributed by atoms with Crippen molar-refractivity contribution in [2.24, 2.45) is 0 Å². The van der Waals surface area contributed by atoms with Gasteiger partial charge in [-0.15, -0.1) is 0 Å². The third-order valence-electron chi connectivity index (χ3n) is 1.03. The molecule has 2 N–H and O–H groups in total. The minimum absolute atomic E-state index is 1.09. The second kappa shape index (κ2) is 2.69.